The van der Waals surface area contributed by atoms with Gasteiger partial charge in [-0.05, 0) is 25.1 Å². The number of hydrogen-bond acceptors (Lipinski definition) is 5. The van der Waals surface area contributed by atoms with E-state index < -0.39 is 0 Å². The maximum atomic E-state index is 12.1. The van der Waals surface area contributed by atoms with Crippen LogP contribution in [-0.2, 0) is 6.54 Å². The molecule has 100 valence electrons. The highest BCUT2D eigenvalue weighted by Gasteiger charge is 2.12. The Morgan fingerprint density at radius 1 is 1.47 bits per heavy atom. The van der Waals surface area contributed by atoms with Gasteiger partial charge in [0.05, 0.1) is 12.1 Å². The summed E-state index contributed by atoms with van der Waals surface area (Å²) < 4.78 is 4.59. The number of aromatic nitrogens is 2. The molecule has 1 amide bonds. The molecule has 0 fully saturated rings. The first kappa shape index (κ1) is 13.4. The third-order valence-corrected chi connectivity index (χ3v) is 2.64. The lowest BCUT2D eigenvalue weighted by Gasteiger charge is -2.10. The van der Waals surface area contributed by atoms with Crippen molar-refractivity contribution < 1.29 is 9.32 Å². The number of carbonyl (C=O) groups excluding carboxylic acids is 1. The van der Waals surface area contributed by atoms with Crippen molar-refractivity contribution in [1.82, 2.24) is 15.5 Å². The van der Waals surface area contributed by atoms with Crippen LogP contribution in [0.3, 0.4) is 0 Å². The number of benzene rings is 1. The Kier molecular flexibility index (Phi) is 4.35. The topological polar surface area (TPSA) is 80.0 Å². The van der Waals surface area contributed by atoms with Gasteiger partial charge in [0.1, 0.15) is 0 Å². The quantitative estimate of drug-likeness (QED) is 0.876. The van der Waals surface area contributed by atoms with E-state index in [0.29, 0.717) is 23.0 Å². The molecule has 1 aromatic heterocycles. The molecule has 2 N–H and O–H groups in total. The van der Waals surface area contributed by atoms with E-state index in [4.69, 9.17) is 11.6 Å². The summed E-state index contributed by atoms with van der Waals surface area (Å²) in [5.74, 6) is 0.170. The van der Waals surface area contributed by atoms with Crippen LogP contribution in [0.5, 0.6) is 0 Å². The van der Waals surface area contributed by atoms with Gasteiger partial charge in [-0.3, -0.25) is 4.79 Å². The van der Waals surface area contributed by atoms with E-state index >= 15 is 0 Å². The summed E-state index contributed by atoms with van der Waals surface area (Å²) in [4.78, 5) is 15.9. The zero-order valence-corrected chi connectivity index (χ0v) is 11.1. The predicted molar refractivity (Wildman–Crippen MR) is 71.1 cm³/mol. The first-order valence-corrected chi connectivity index (χ1v) is 6.15. The van der Waals surface area contributed by atoms with Crippen molar-refractivity contribution in [2.75, 3.05) is 11.9 Å². The lowest BCUT2D eigenvalue weighted by atomic mass is 10.1. The van der Waals surface area contributed by atoms with Crippen molar-refractivity contribution in [3.05, 3.63) is 41.0 Å². The van der Waals surface area contributed by atoms with Crippen LogP contribution < -0.4 is 10.6 Å². The average molecular weight is 281 g/mol. The second-order valence-corrected chi connectivity index (χ2v) is 4.19. The molecule has 7 heteroatoms. The number of halogens is 1. The largest absolute Gasteiger partial charge is 0.385 e. The molecule has 0 bridgehead atoms. The summed E-state index contributed by atoms with van der Waals surface area (Å²) in [6.45, 7) is 2.87. The van der Waals surface area contributed by atoms with Crippen molar-refractivity contribution in [2.24, 2.45) is 0 Å². The number of amides is 1. The summed E-state index contributed by atoms with van der Waals surface area (Å²) in [7, 11) is 0. The summed E-state index contributed by atoms with van der Waals surface area (Å²) in [6, 6.07) is 5.12. The standard InChI is InChI=1S/C12H13ClN4O2/c1-2-14-10-4-3-8(13)5-9(10)12(18)15-6-11-16-7-19-17-11/h3-5,7,14H,2,6H2,1H3,(H,15,18). The number of hydrogen-bond donors (Lipinski definition) is 2. The number of rotatable bonds is 5. The van der Waals surface area contributed by atoms with E-state index in [0.717, 1.165) is 5.69 Å². The maximum absolute atomic E-state index is 12.1. The van der Waals surface area contributed by atoms with E-state index in [9.17, 15) is 4.79 Å². The molecule has 0 aliphatic heterocycles. The van der Waals surface area contributed by atoms with Crippen LogP contribution in [0.1, 0.15) is 23.1 Å². The molecule has 2 aromatic rings. The maximum Gasteiger partial charge on any atom is 0.253 e. The number of carbonyl (C=O) groups is 1. The molecule has 2 rings (SSSR count). The normalized spacial score (nSPS) is 10.2. The monoisotopic (exact) mass is 280 g/mol. The van der Waals surface area contributed by atoms with E-state index in [1.807, 2.05) is 6.92 Å². The molecule has 6 nitrogen and oxygen atoms in total. The summed E-state index contributed by atoms with van der Waals surface area (Å²) in [5.41, 5.74) is 1.22. The number of anilines is 1. The van der Waals surface area contributed by atoms with Gasteiger partial charge in [0.25, 0.3) is 5.91 Å². The highest BCUT2D eigenvalue weighted by molar-refractivity contribution is 6.31. The highest BCUT2D eigenvalue weighted by atomic mass is 35.5. The van der Waals surface area contributed by atoms with Gasteiger partial charge in [-0.25, -0.2) is 0 Å². The fourth-order valence-corrected chi connectivity index (χ4v) is 1.75. The smallest absolute Gasteiger partial charge is 0.253 e. The molecule has 19 heavy (non-hydrogen) atoms. The first-order valence-electron chi connectivity index (χ1n) is 5.77. The van der Waals surface area contributed by atoms with Gasteiger partial charge in [0.15, 0.2) is 5.82 Å². The summed E-state index contributed by atoms with van der Waals surface area (Å²) in [6.07, 6.45) is 1.21. The molecule has 0 aliphatic rings. The Labute approximate surface area is 115 Å². The van der Waals surface area contributed by atoms with Gasteiger partial charge < -0.3 is 15.2 Å². The van der Waals surface area contributed by atoms with E-state index in [1.165, 1.54) is 6.39 Å². The predicted octanol–water partition coefficient (Wildman–Crippen LogP) is 2.08. The van der Waals surface area contributed by atoms with Crippen molar-refractivity contribution in [3.63, 3.8) is 0 Å². The van der Waals surface area contributed by atoms with Crippen LogP contribution in [0.4, 0.5) is 5.69 Å². The second-order valence-electron chi connectivity index (χ2n) is 3.75. The Bertz CT molecular complexity index is 557. The lowest BCUT2D eigenvalue weighted by Crippen LogP contribution is -2.24. The van der Waals surface area contributed by atoms with Gasteiger partial charge >= 0.3 is 0 Å². The van der Waals surface area contributed by atoms with E-state index in [1.54, 1.807) is 18.2 Å². The second kappa shape index (κ2) is 6.19. The molecule has 1 aromatic carbocycles. The van der Waals surface area contributed by atoms with Crippen LogP contribution in [0.25, 0.3) is 0 Å². The van der Waals surface area contributed by atoms with E-state index in [2.05, 4.69) is 25.3 Å². The third-order valence-electron chi connectivity index (χ3n) is 2.41. The molecule has 0 spiro atoms. The van der Waals surface area contributed by atoms with Gasteiger partial charge in [-0.1, -0.05) is 16.8 Å². The minimum absolute atomic E-state index is 0.202. The molecule has 0 saturated carbocycles. The molecular formula is C12H13ClN4O2. The van der Waals surface area contributed by atoms with Crippen molar-refractivity contribution in [3.8, 4) is 0 Å². The van der Waals surface area contributed by atoms with Crippen LogP contribution in [-0.4, -0.2) is 22.6 Å². The van der Waals surface area contributed by atoms with Gasteiger partial charge in [-0.15, -0.1) is 0 Å². The van der Waals surface area contributed by atoms with Crippen LogP contribution >= 0.6 is 11.6 Å². The van der Waals surface area contributed by atoms with Gasteiger partial charge in [0.2, 0.25) is 6.39 Å². The first-order chi connectivity index (χ1) is 9.20. The van der Waals surface area contributed by atoms with Crippen LogP contribution in [0, 0.1) is 0 Å². The molecular weight excluding hydrogens is 268 g/mol. The van der Waals surface area contributed by atoms with Crippen molar-refractivity contribution in [1.29, 1.82) is 0 Å². The van der Waals surface area contributed by atoms with Crippen LogP contribution in [0.2, 0.25) is 5.02 Å². The fourth-order valence-electron chi connectivity index (χ4n) is 1.57. The summed E-state index contributed by atoms with van der Waals surface area (Å²) >= 11 is 5.91. The van der Waals surface area contributed by atoms with E-state index in [-0.39, 0.29) is 12.5 Å². The fraction of sp³-hybridized carbons (Fsp3) is 0.250. The van der Waals surface area contributed by atoms with Crippen LogP contribution in [0.15, 0.2) is 29.1 Å². The SMILES string of the molecule is CCNc1ccc(Cl)cc1C(=O)NCc1ncon1. The molecule has 1 heterocycles. The Hall–Kier alpha value is -2.08. The summed E-state index contributed by atoms with van der Waals surface area (Å²) in [5, 5.41) is 9.93. The van der Waals surface area contributed by atoms with Crippen molar-refractivity contribution >= 4 is 23.2 Å². The molecule has 0 radical (unpaired) electrons. The van der Waals surface area contributed by atoms with Gasteiger partial charge in [0, 0.05) is 17.3 Å². The lowest BCUT2D eigenvalue weighted by molar-refractivity contribution is 0.0950. The molecule has 0 saturated heterocycles. The molecule has 0 aliphatic carbocycles. The van der Waals surface area contributed by atoms with Crippen molar-refractivity contribution in [2.45, 2.75) is 13.5 Å². The zero-order valence-electron chi connectivity index (χ0n) is 10.3. The average Bonchev–Trinajstić information content (AvgIpc) is 2.91. The minimum Gasteiger partial charge on any atom is -0.385 e. The zero-order chi connectivity index (χ0) is 13.7. The molecule has 0 unspecified atom stereocenters. The third kappa shape index (κ3) is 3.45. The molecule has 0 atom stereocenters. The Morgan fingerprint density at radius 3 is 3.00 bits per heavy atom. The number of nitrogens with zero attached hydrogens (tertiary/aromatic N) is 2. The Balaban J connectivity index is 2.11. The minimum atomic E-state index is -0.247. The highest BCUT2D eigenvalue weighted by Crippen LogP contribution is 2.20. The number of nitrogens with one attached hydrogen (secondary N) is 2. The Morgan fingerprint density at radius 2 is 2.32 bits per heavy atom. The van der Waals surface area contributed by atoms with Gasteiger partial charge in [-0.2, -0.15) is 4.98 Å².